The topological polar surface area (TPSA) is 38.7 Å². The largest absolute Gasteiger partial charge is 0.251 e. The summed E-state index contributed by atoms with van der Waals surface area (Å²) in [6.07, 6.45) is 3.42. The zero-order chi connectivity index (χ0) is 11.7. The van der Waals surface area contributed by atoms with Crippen LogP contribution in [0.3, 0.4) is 0 Å². The second-order valence-electron chi connectivity index (χ2n) is 3.58. The van der Waals surface area contributed by atoms with E-state index in [2.05, 4.69) is 15.0 Å². The van der Waals surface area contributed by atoms with Gasteiger partial charge >= 0.3 is 0 Å². The van der Waals surface area contributed by atoms with E-state index < -0.39 is 0 Å². The van der Waals surface area contributed by atoms with Gasteiger partial charge in [-0.05, 0) is 18.2 Å². The lowest BCUT2D eigenvalue weighted by molar-refractivity contribution is 1.23. The Balaban J connectivity index is 2.22. The van der Waals surface area contributed by atoms with Crippen LogP contribution >= 0.6 is 11.6 Å². The molecule has 82 valence electrons. The molecule has 1 aromatic carbocycles. The van der Waals surface area contributed by atoms with Gasteiger partial charge in [0, 0.05) is 11.8 Å². The molecule has 0 aliphatic heterocycles. The van der Waals surface area contributed by atoms with Gasteiger partial charge in [0.05, 0.1) is 16.9 Å². The minimum Gasteiger partial charge on any atom is -0.251 e. The molecule has 2 aromatic heterocycles. The van der Waals surface area contributed by atoms with Crippen LogP contribution in [0.15, 0.2) is 48.8 Å². The van der Waals surface area contributed by atoms with Gasteiger partial charge < -0.3 is 0 Å². The molecule has 0 bridgehead atoms. The van der Waals surface area contributed by atoms with Crippen molar-refractivity contribution in [2.45, 2.75) is 0 Å². The molecular formula is C13H8ClN3. The van der Waals surface area contributed by atoms with Gasteiger partial charge in [-0.25, -0.2) is 9.97 Å². The van der Waals surface area contributed by atoms with Crippen LogP contribution in [-0.4, -0.2) is 15.0 Å². The maximum Gasteiger partial charge on any atom is 0.178 e. The monoisotopic (exact) mass is 241 g/mol. The molecule has 17 heavy (non-hydrogen) atoms. The van der Waals surface area contributed by atoms with E-state index >= 15 is 0 Å². The fraction of sp³-hybridized carbons (Fsp3) is 0. The summed E-state index contributed by atoms with van der Waals surface area (Å²) < 4.78 is 0. The van der Waals surface area contributed by atoms with Gasteiger partial charge in [-0.1, -0.05) is 29.8 Å². The standard InChI is InChI=1S/C13H8ClN3/c14-10-5-2-1-4-9(10)12-8-16-11-6-3-7-15-13(11)17-12/h1-8H. The van der Waals surface area contributed by atoms with Crippen molar-refractivity contribution in [3.63, 3.8) is 0 Å². The minimum atomic E-state index is 0.630. The first kappa shape index (κ1) is 10.2. The number of rotatable bonds is 1. The summed E-state index contributed by atoms with van der Waals surface area (Å²) in [6, 6.07) is 11.3. The SMILES string of the molecule is Clc1ccccc1-c1cnc2cccnc2n1. The maximum atomic E-state index is 6.12. The van der Waals surface area contributed by atoms with Crippen LogP contribution < -0.4 is 0 Å². The third-order valence-corrected chi connectivity index (χ3v) is 2.80. The second-order valence-corrected chi connectivity index (χ2v) is 3.99. The highest BCUT2D eigenvalue weighted by Gasteiger charge is 2.06. The number of pyridine rings is 1. The number of fused-ring (bicyclic) bond motifs is 1. The first-order valence-corrected chi connectivity index (χ1v) is 5.55. The van der Waals surface area contributed by atoms with Gasteiger partial charge in [0.2, 0.25) is 0 Å². The van der Waals surface area contributed by atoms with Crippen LogP contribution in [0, 0.1) is 0 Å². The fourth-order valence-electron chi connectivity index (χ4n) is 1.65. The van der Waals surface area contributed by atoms with Crippen molar-refractivity contribution in [3.05, 3.63) is 53.8 Å². The Hall–Kier alpha value is -2.00. The van der Waals surface area contributed by atoms with Crippen molar-refractivity contribution in [1.29, 1.82) is 0 Å². The summed E-state index contributed by atoms with van der Waals surface area (Å²) in [5.41, 5.74) is 3.02. The van der Waals surface area contributed by atoms with Crippen molar-refractivity contribution < 1.29 is 0 Å². The minimum absolute atomic E-state index is 0.630. The zero-order valence-electron chi connectivity index (χ0n) is 8.84. The molecule has 0 spiro atoms. The third-order valence-electron chi connectivity index (χ3n) is 2.47. The molecule has 0 unspecified atom stereocenters. The van der Waals surface area contributed by atoms with E-state index in [1.165, 1.54) is 0 Å². The Morgan fingerprint density at radius 3 is 2.71 bits per heavy atom. The van der Waals surface area contributed by atoms with Crippen LogP contribution in [0.5, 0.6) is 0 Å². The van der Waals surface area contributed by atoms with Crippen LogP contribution in [0.1, 0.15) is 0 Å². The second kappa shape index (κ2) is 4.11. The molecular weight excluding hydrogens is 234 g/mol. The molecule has 3 nitrogen and oxygen atoms in total. The molecule has 0 atom stereocenters. The van der Waals surface area contributed by atoms with E-state index in [4.69, 9.17) is 11.6 Å². The number of nitrogens with zero attached hydrogens (tertiary/aromatic N) is 3. The molecule has 0 saturated carbocycles. The van der Waals surface area contributed by atoms with E-state index in [1.54, 1.807) is 12.4 Å². The van der Waals surface area contributed by atoms with E-state index in [-0.39, 0.29) is 0 Å². The third kappa shape index (κ3) is 1.85. The smallest absolute Gasteiger partial charge is 0.178 e. The molecule has 2 heterocycles. The Bertz CT molecular complexity index is 682. The number of halogens is 1. The van der Waals surface area contributed by atoms with Crippen LogP contribution in [0.25, 0.3) is 22.4 Å². The van der Waals surface area contributed by atoms with Crippen molar-refractivity contribution in [2.75, 3.05) is 0 Å². The number of benzene rings is 1. The summed E-state index contributed by atoms with van der Waals surface area (Å²) in [6.45, 7) is 0. The number of aromatic nitrogens is 3. The van der Waals surface area contributed by atoms with Gasteiger partial charge in [-0.3, -0.25) is 4.98 Å². The summed E-state index contributed by atoms with van der Waals surface area (Å²) in [5.74, 6) is 0. The van der Waals surface area contributed by atoms with E-state index in [0.29, 0.717) is 10.7 Å². The Morgan fingerprint density at radius 1 is 0.941 bits per heavy atom. The van der Waals surface area contributed by atoms with Crippen LogP contribution in [0.4, 0.5) is 0 Å². The Morgan fingerprint density at radius 2 is 1.82 bits per heavy atom. The van der Waals surface area contributed by atoms with Crippen LogP contribution in [-0.2, 0) is 0 Å². The zero-order valence-corrected chi connectivity index (χ0v) is 9.59. The Kier molecular flexibility index (Phi) is 2.46. The van der Waals surface area contributed by atoms with Crippen molar-refractivity contribution >= 4 is 22.8 Å². The van der Waals surface area contributed by atoms with E-state index in [9.17, 15) is 0 Å². The quantitative estimate of drug-likeness (QED) is 0.656. The van der Waals surface area contributed by atoms with Gasteiger partial charge in [-0.2, -0.15) is 0 Å². The lowest BCUT2D eigenvalue weighted by atomic mass is 10.1. The lowest BCUT2D eigenvalue weighted by Gasteiger charge is -2.03. The van der Waals surface area contributed by atoms with Gasteiger partial charge in [-0.15, -0.1) is 0 Å². The average molecular weight is 242 g/mol. The van der Waals surface area contributed by atoms with Crippen LogP contribution in [0.2, 0.25) is 5.02 Å². The summed E-state index contributed by atoms with van der Waals surface area (Å²) in [4.78, 5) is 12.9. The highest BCUT2D eigenvalue weighted by Crippen LogP contribution is 2.25. The highest BCUT2D eigenvalue weighted by atomic mass is 35.5. The average Bonchev–Trinajstić information content (AvgIpc) is 2.39. The maximum absolute atomic E-state index is 6.12. The van der Waals surface area contributed by atoms with Crippen molar-refractivity contribution in [2.24, 2.45) is 0 Å². The van der Waals surface area contributed by atoms with Gasteiger partial charge in [0.1, 0.15) is 5.52 Å². The van der Waals surface area contributed by atoms with Gasteiger partial charge in [0.15, 0.2) is 5.65 Å². The molecule has 3 aromatic rings. The molecule has 3 rings (SSSR count). The highest BCUT2D eigenvalue weighted by molar-refractivity contribution is 6.33. The molecule has 0 saturated heterocycles. The van der Waals surface area contributed by atoms with Gasteiger partial charge in [0.25, 0.3) is 0 Å². The fourth-order valence-corrected chi connectivity index (χ4v) is 1.88. The Labute approximate surface area is 103 Å². The molecule has 0 aliphatic carbocycles. The first-order valence-electron chi connectivity index (χ1n) is 5.17. The lowest BCUT2D eigenvalue weighted by Crippen LogP contribution is -1.90. The summed E-state index contributed by atoms with van der Waals surface area (Å²) in [7, 11) is 0. The molecule has 0 fully saturated rings. The molecule has 0 radical (unpaired) electrons. The number of hydrogen-bond acceptors (Lipinski definition) is 3. The van der Waals surface area contributed by atoms with E-state index in [1.807, 2.05) is 36.4 Å². The summed E-state index contributed by atoms with van der Waals surface area (Å²) >= 11 is 6.12. The first-order chi connectivity index (χ1) is 8.34. The van der Waals surface area contributed by atoms with Crippen molar-refractivity contribution in [1.82, 2.24) is 15.0 Å². The summed E-state index contributed by atoms with van der Waals surface area (Å²) in [5, 5.41) is 0.664. The van der Waals surface area contributed by atoms with E-state index in [0.717, 1.165) is 16.8 Å². The predicted octanol–water partition coefficient (Wildman–Crippen LogP) is 3.35. The predicted molar refractivity (Wildman–Crippen MR) is 67.8 cm³/mol. The normalized spacial score (nSPS) is 10.6. The molecule has 0 N–H and O–H groups in total. The molecule has 0 amide bonds. The van der Waals surface area contributed by atoms with Crippen molar-refractivity contribution in [3.8, 4) is 11.3 Å². The number of hydrogen-bond donors (Lipinski definition) is 0. The molecule has 4 heteroatoms. The molecule has 0 aliphatic rings.